The Balaban J connectivity index is 2.43. The van der Waals surface area contributed by atoms with Gasteiger partial charge < -0.3 is 4.74 Å². The molecule has 0 aliphatic carbocycles. The van der Waals surface area contributed by atoms with Gasteiger partial charge in [0.1, 0.15) is 0 Å². The second-order valence-electron chi connectivity index (χ2n) is 4.32. The van der Waals surface area contributed by atoms with Gasteiger partial charge in [-0.3, -0.25) is 14.8 Å². The van der Waals surface area contributed by atoms with Crippen LogP contribution in [0, 0.1) is 10.1 Å². The number of nitro benzene ring substituents is 1. The summed E-state index contributed by atoms with van der Waals surface area (Å²) in [6.45, 7) is 0. The average Bonchev–Trinajstić information content (AvgIpc) is 2.49. The first-order chi connectivity index (χ1) is 10.7. The largest absolute Gasteiger partial charge is 0.490 e. The van der Waals surface area contributed by atoms with Gasteiger partial charge >= 0.3 is 5.69 Å². The molecular formula is C13H10BrClN2O5S. The standard InChI is InChI=1S/C13H10BrClN2O5S/c1-22-13-5-3-9(7-12(13)17(18)19)23(20,21)16-11-4-2-8(14)6-10(11)15/h2-7,16H,1H3. The number of ether oxygens (including phenoxy) is 1. The summed E-state index contributed by atoms with van der Waals surface area (Å²) in [5.74, 6) is -0.0318. The molecule has 0 saturated heterocycles. The minimum Gasteiger partial charge on any atom is -0.490 e. The van der Waals surface area contributed by atoms with Crippen LogP contribution in [-0.2, 0) is 10.0 Å². The Morgan fingerprint density at radius 1 is 1.26 bits per heavy atom. The molecule has 0 radical (unpaired) electrons. The fourth-order valence-corrected chi connectivity index (χ4v) is 3.63. The molecule has 2 aromatic carbocycles. The van der Waals surface area contributed by atoms with Crippen LogP contribution in [0.3, 0.4) is 0 Å². The highest BCUT2D eigenvalue weighted by Gasteiger charge is 2.22. The number of sulfonamides is 1. The van der Waals surface area contributed by atoms with Gasteiger partial charge in [-0.25, -0.2) is 8.42 Å². The van der Waals surface area contributed by atoms with E-state index in [9.17, 15) is 18.5 Å². The molecule has 0 spiro atoms. The zero-order valence-electron chi connectivity index (χ0n) is 11.6. The van der Waals surface area contributed by atoms with Crippen LogP contribution in [0.4, 0.5) is 11.4 Å². The summed E-state index contributed by atoms with van der Waals surface area (Å²) in [4.78, 5) is 10.0. The van der Waals surface area contributed by atoms with E-state index in [1.807, 2.05) is 0 Å². The molecule has 0 aliphatic heterocycles. The van der Waals surface area contributed by atoms with Gasteiger partial charge in [0.25, 0.3) is 10.0 Å². The van der Waals surface area contributed by atoms with Crippen molar-refractivity contribution in [1.29, 1.82) is 0 Å². The summed E-state index contributed by atoms with van der Waals surface area (Å²) < 4.78 is 32.6. The molecule has 10 heteroatoms. The van der Waals surface area contributed by atoms with Crippen LogP contribution in [0.5, 0.6) is 5.75 Å². The fraction of sp³-hybridized carbons (Fsp3) is 0.0769. The Morgan fingerprint density at radius 3 is 2.52 bits per heavy atom. The monoisotopic (exact) mass is 420 g/mol. The number of nitrogens with zero attached hydrogens (tertiary/aromatic N) is 1. The molecule has 0 fully saturated rings. The van der Waals surface area contributed by atoms with E-state index in [1.165, 1.54) is 31.4 Å². The zero-order valence-corrected chi connectivity index (χ0v) is 14.8. The normalized spacial score (nSPS) is 11.1. The molecule has 2 rings (SSSR count). The first-order valence-electron chi connectivity index (χ1n) is 6.05. The Morgan fingerprint density at radius 2 is 1.96 bits per heavy atom. The van der Waals surface area contributed by atoms with Crippen molar-refractivity contribution in [1.82, 2.24) is 0 Å². The predicted molar refractivity (Wildman–Crippen MR) is 89.6 cm³/mol. The van der Waals surface area contributed by atoms with Crippen molar-refractivity contribution in [3.8, 4) is 5.75 Å². The van der Waals surface area contributed by atoms with Crippen LogP contribution in [0.1, 0.15) is 0 Å². The molecule has 0 unspecified atom stereocenters. The number of benzene rings is 2. The molecule has 0 aromatic heterocycles. The van der Waals surface area contributed by atoms with Gasteiger partial charge in [0.2, 0.25) is 0 Å². The maximum Gasteiger partial charge on any atom is 0.312 e. The summed E-state index contributed by atoms with van der Waals surface area (Å²) in [5, 5.41) is 11.2. The van der Waals surface area contributed by atoms with Gasteiger partial charge in [-0.2, -0.15) is 0 Å². The summed E-state index contributed by atoms with van der Waals surface area (Å²) in [6, 6.07) is 7.96. The molecule has 0 amide bonds. The van der Waals surface area contributed by atoms with Crippen molar-refractivity contribution in [2.24, 2.45) is 0 Å². The molecule has 122 valence electrons. The molecule has 0 aliphatic rings. The van der Waals surface area contributed by atoms with Gasteiger partial charge in [0, 0.05) is 10.5 Å². The van der Waals surface area contributed by atoms with E-state index in [1.54, 1.807) is 6.07 Å². The minimum absolute atomic E-state index is 0.0318. The maximum atomic E-state index is 12.4. The summed E-state index contributed by atoms with van der Waals surface area (Å²) in [5.41, 5.74) is -0.286. The van der Waals surface area contributed by atoms with Crippen molar-refractivity contribution >= 4 is 48.9 Å². The van der Waals surface area contributed by atoms with Crippen LogP contribution < -0.4 is 9.46 Å². The van der Waals surface area contributed by atoms with Crippen molar-refractivity contribution < 1.29 is 18.1 Å². The molecule has 0 atom stereocenters. The fourth-order valence-electron chi connectivity index (χ4n) is 1.76. The highest BCUT2D eigenvalue weighted by Crippen LogP contribution is 2.31. The van der Waals surface area contributed by atoms with Gasteiger partial charge in [0.05, 0.1) is 27.6 Å². The number of hydrogen-bond acceptors (Lipinski definition) is 5. The molecule has 1 N–H and O–H groups in total. The lowest BCUT2D eigenvalue weighted by atomic mass is 10.3. The Hall–Kier alpha value is -1.84. The van der Waals surface area contributed by atoms with Crippen LogP contribution in [0.25, 0.3) is 0 Å². The zero-order chi connectivity index (χ0) is 17.2. The van der Waals surface area contributed by atoms with Crippen molar-refractivity contribution in [2.75, 3.05) is 11.8 Å². The molecule has 0 bridgehead atoms. The second-order valence-corrected chi connectivity index (χ2v) is 7.33. The number of rotatable bonds is 5. The third-order valence-corrected chi connectivity index (χ3v) is 5.00. The van der Waals surface area contributed by atoms with Gasteiger partial charge in [-0.1, -0.05) is 27.5 Å². The Labute approximate surface area is 145 Å². The molecular weight excluding hydrogens is 412 g/mol. The third kappa shape index (κ3) is 3.92. The Bertz CT molecular complexity index is 873. The SMILES string of the molecule is COc1ccc(S(=O)(=O)Nc2ccc(Br)cc2Cl)cc1[N+](=O)[O-]. The summed E-state index contributed by atoms with van der Waals surface area (Å²) in [7, 11) is -2.78. The topological polar surface area (TPSA) is 98.5 Å². The van der Waals surface area contributed by atoms with E-state index in [4.69, 9.17) is 16.3 Å². The lowest BCUT2D eigenvalue weighted by molar-refractivity contribution is -0.386. The van der Waals surface area contributed by atoms with E-state index in [0.717, 1.165) is 6.07 Å². The van der Waals surface area contributed by atoms with E-state index in [0.29, 0.717) is 4.47 Å². The maximum absolute atomic E-state index is 12.4. The predicted octanol–water partition coefficient (Wildman–Crippen LogP) is 3.82. The quantitative estimate of drug-likeness (QED) is 0.584. The Kier molecular flexibility index (Phi) is 5.12. The van der Waals surface area contributed by atoms with Crippen molar-refractivity contribution in [3.63, 3.8) is 0 Å². The number of anilines is 1. The molecule has 0 heterocycles. The smallest absolute Gasteiger partial charge is 0.312 e. The minimum atomic E-state index is -4.04. The molecule has 0 saturated carbocycles. The van der Waals surface area contributed by atoms with Gasteiger partial charge in [-0.15, -0.1) is 0 Å². The summed E-state index contributed by atoms with van der Waals surface area (Å²) >= 11 is 9.18. The van der Waals surface area contributed by atoms with Crippen LogP contribution >= 0.6 is 27.5 Å². The number of halogens is 2. The molecule has 23 heavy (non-hydrogen) atoms. The third-order valence-electron chi connectivity index (χ3n) is 2.83. The highest BCUT2D eigenvalue weighted by atomic mass is 79.9. The van der Waals surface area contributed by atoms with Crippen LogP contribution in [0.2, 0.25) is 5.02 Å². The first-order valence-corrected chi connectivity index (χ1v) is 8.70. The van der Waals surface area contributed by atoms with Crippen molar-refractivity contribution in [2.45, 2.75) is 4.90 Å². The van der Waals surface area contributed by atoms with Gasteiger partial charge in [0.15, 0.2) is 5.75 Å². The number of nitro groups is 1. The lowest BCUT2D eigenvalue weighted by Crippen LogP contribution is -2.13. The molecule has 7 nitrogen and oxygen atoms in total. The first kappa shape index (κ1) is 17.5. The number of nitrogens with one attached hydrogen (secondary N) is 1. The van der Waals surface area contributed by atoms with E-state index in [-0.39, 0.29) is 21.4 Å². The second kappa shape index (κ2) is 6.73. The van der Waals surface area contributed by atoms with Crippen molar-refractivity contribution in [3.05, 3.63) is 56.0 Å². The average molecular weight is 422 g/mol. The number of hydrogen-bond donors (Lipinski definition) is 1. The van der Waals surface area contributed by atoms with Crippen LogP contribution in [0.15, 0.2) is 45.8 Å². The highest BCUT2D eigenvalue weighted by molar-refractivity contribution is 9.10. The lowest BCUT2D eigenvalue weighted by Gasteiger charge is -2.10. The van der Waals surface area contributed by atoms with E-state index in [2.05, 4.69) is 20.7 Å². The number of methoxy groups -OCH3 is 1. The summed E-state index contributed by atoms with van der Waals surface area (Å²) in [6.07, 6.45) is 0. The van der Waals surface area contributed by atoms with Gasteiger partial charge in [-0.05, 0) is 30.3 Å². The molecule has 2 aromatic rings. The van der Waals surface area contributed by atoms with E-state index < -0.39 is 20.6 Å². The van der Waals surface area contributed by atoms with Crippen LogP contribution in [-0.4, -0.2) is 20.5 Å². The van der Waals surface area contributed by atoms with E-state index >= 15 is 0 Å².